The highest BCUT2D eigenvalue weighted by Crippen LogP contribution is 2.27. The minimum absolute atomic E-state index is 0.148. The first-order chi connectivity index (χ1) is 12.5. The van der Waals surface area contributed by atoms with Gasteiger partial charge in [0.25, 0.3) is 5.91 Å². The van der Waals surface area contributed by atoms with Gasteiger partial charge in [0.2, 0.25) is 5.91 Å². The molecule has 0 saturated carbocycles. The van der Waals surface area contributed by atoms with Gasteiger partial charge in [-0.2, -0.15) is 0 Å². The Morgan fingerprint density at radius 2 is 1.77 bits per heavy atom. The first-order valence-corrected chi connectivity index (χ1v) is 8.00. The van der Waals surface area contributed by atoms with Crippen LogP contribution in [0.25, 0.3) is 0 Å². The van der Waals surface area contributed by atoms with Gasteiger partial charge in [-0.15, -0.1) is 0 Å². The van der Waals surface area contributed by atoms with Crippen molar-refractivity contribution in [3.8, 4) is 11.5 Å². The van der Waals surface area contributed by atoms with E-state index in [0.717, 1.165) is 0 Å². The summed E-state index contributed by atoms with van der Waals surface area (Å²) in [6.45, 7) is 1.67. The number of methoxy groups -OCH3 is 2. The second-order valence-electron chi connectivity index (χ2n) is 5.45. The Morgan fingerprint density at radius 3 is 2.38 bits per heavy atom. The summed E-state index contributed by atoms with van der Waals surface area (Å²) < 4.78 is 24.2. The van der Waals surface area contributed by atoms with Crippen molar-refractivity contribution in [1.29, 1.82) is 0 Å². The Hall–Kier alpha value is -3.09. The highest BCUT2D eigenvalue weighted by Gasteiger charge is 2.16. The number of hydrogen-bond acceptors (Lipinski definition) is 4. The van der Waals surface area contributed by atoms with Crippen molar-refractivity contribution < 1.29 is 23.5 Å². The molecule has 2 rings (SSSR count). The largest absolute Gasteiger partial charge is 0.493 e. The Morgan fingerprint density at radius 1 is 1.08 bits per heavy atom. The maximum atomic E-state index is 13.9. The average Bonchev–Trinajstić information content (AvgIpc) is 2.65. The molecule has 0 radical (unpaired) electrons. The van der Waals surface area contributed by atoms with Crippen LogP contribution in [0.1, 0.15) is 17.3 Å². The minimum atomic E-state index is -0.492. The number of carbonyl (C=O) groups is 2. The van der Waals surface area contributed by atoms with Gasteiger partial charge in [-0.1, -0.05) is 12.1 Å². The molecule has 0 spiro atoms. The van der Waals surface area contributed by atoms with Gasteiger partial charge in [0.05, 0.1) is 19.9 Å². The Labute approximate surface area is 151 Å². The normalized spacial score (nSPS) is 10.2. The lowest BCUT2D eigenvalue weighted by atomic mass is 10.2. The Balaban J connectivity index is 2.02. The van der Waals surface area contributed by atoms with Crippen molar-refractivity contribution in [2.75, 3.05) is 32.2 Å². The SMILES string of the molecule is COc1ccc(C(=O)NCCN(C(C)=O)c2ccccc2F)cc1OC. The van der Waals surface area contributed by atoms with Gasteiger partial charge in [-0.25, -0.2) is 4.39 Å². The molecule has 7 heteroatoms. The third-order valence-corrected chi connectivity index (χ3v) is 3.79. The number of anilines is 1. The van der Waals surface area contributed by atoms with Crippen LogP contribution in [0.2, 0.25) is 0 Å². The number of halogens is 1. The van der Waals surface area contributed by atoms with Gasteiger partial charge in [0.1, 0.15) is 5.82 Å². The molecule has 0 aliphatic rings. The van der Waals surface area contributed by atoms with E-state index in [-0.39, 0.29) is 30.6 Å². The molecule has 138 valence electrons. The lowest BCUT2D eigenvalue weighted by Crippen LogP contribution is -2.38. The zero-order chi connectivity index (χ0) is 19.1. The Kier molecular flexibility index (Phi) is 6.54. The first-order valence-electron chi connectivity index (χ1n) is 8.00. The van der Waals surface area contributed by atoms with Crippen LogP contribution in [-0.2, 0) is 4.79 Å². The average molecular weight is 360 g/mol. The van der Waals surface area contributed by atoms with Crippen molar-refractivity contribution >= 4 is 17.5 Å². The zero-order valence-electron chi connectivity index (χ0n) is 14.9. The lowest BCUT2D eigenvalue weighted by molar-refractivity contribution is -0.116. The smallest absolute Gasteiger partial charge is 0.251 e. The van der Waals surface area contributed by atoms with Crippen molar-refractivity contribution in [3.63, 3.8) is 0 Å². The molecule has 0 heterocycles. The molecular weight excluding hydrogens is 339 g/mol. The molecule has 26 heavy (non-hydrogen) atoms. The summed E-state index contributed by atoms with van der Waals surface area (Å²) in [7, 11) is 3.00. The van der Waals surface area contributed by atoms with Gasteiger partial charge < -0.3 is 19.7 Å². The molecule has 0 aromatic heterocycles. The van der Waals surface area contributed by atoms with E-state index in [1.165, 1.54) is 38.2 Å². The summed E-state index contributed by atoms with van der Waals surface area (Å²) in [6, 6.07) is 10.8. The molecule has 0 bridgehead atoms. The number of hydrogen-bond donors (Lipinski definition) is 1. The first kappa shape index (κ1) is 19.2. The number of benzene rings is 2. The van der Waals surface area contributed by atoms with Crippen LogP contribution >= 0.6 is 0 Å². The van der Waals surface area contributed by atoms with Gasteiger partial charge in [0, 0.05) is 25.6 Å². The fourth-order valence-electron chi connectivity index (χ4n) is 2.48. The van der Waals surface area contributed by atoms with E-state index < -0.39 is 5.82 Å². The van der Waals surface area contributed by atoms with Gasteiger partial charge in [0.15, 0.2) is 11.5 Å². The number of ether oxygens (including phenoxy) is 2. The molecule has 1 N–H and O–H groups in total. The molecule has 0 unspecified atom stereocenters. The second-order valence-corrected chi connectivity index (χ2v) is 5.45. The summed E-state index contributed by atoms with van der Waals surface area (Å²) >= 11 is 0. The van der Waals surface area contributed by atoms with Gasteiger partial charge in [-0.05, 0) is 30.3 Å². The van der Waals surface area contributed by atoms with Gasteiger partial charge in [-0.3, -0.25) is 9.59 Å². The lowest BCUT2D eigenvalue weighted by Gasteiger charge is -2.22. The standard InChI is InChI=1S/C19H21FN2O4/c1-13(23)22(16-7-5-4-6-15(16)20)11-10-21-19(24)14-8-9-17(25-2)18(12-14)26-3/h4-9,12H,10-11H2,1-3H3,(H,21,24). The van der Waals surface area contributed by atoms with E-state index in [9.17, 15) is 14.0 Å². The number of rotatable bonds is 7. The van der Waals surface area contributed by atoms with Crippen LogP contribution < -0.4 is 19.7 Å². The zero-order valence-corrected chi connectivity index (χ0v) is 14.9. The van der Waals surface area contributed by atoms with Crippen LogP contribution in [0.5, 0.6) is 11.5 Å². The number of para-hydroxylation sites is 1. The van der Waals surface area contributed by atoms with Gasteiger partial charge >= 0.3 is 0 Å². The van der Waals surface area contributed by atoms with Crippen molar-refractivity contribution in [1.82, 2.24) is 5.32 Å². The van der Waals surface area contributed by atoms with E-state index in [1.807, 2.05) is 0 Å². The topological polar surface area (TPSA) is 67.9 Å². The maximum Gasteiger partial charge on any atom is 0.251 e. The molecular formula is C19H21FN2O4. The quantitative estimate of drug-likeness (QED) is 0.824. The van der Waals surface area contributed by atoms with E-state index in [1.54, 1.807) is 30.3 Å². The van der Waals surface area contributed by atoms with Crippen molar-refractivity contribution in [3.05, 3.63) is 53.8 Å². The monoisotopic (exact) mass is 360 g/mol. The summed E-state index contributed by atoms with van der Waals surface area (Å²) in [4.78, 5) is 25.4. The predicted octanol–water partition coefficient (Wildman–Crippen LogP) is 2.63. The van der Waals surface area contributed by atoms with E-state index >= 15 is 0 Å². The van der Waals surface area contributed by atoms with Crippen molar-refractivity contribution in [2.24, 2.45) is 0 Å². The number of amides is 2. The van der Waals surface area contributed by atoms with E-state index in [0.29, 0.717) is 17.1 Å². The third kappa shape index (κ3) is 4.50. The Bertz CT molecular complexity index is 795. The third-order valence-electron chi connectivity index (χ3n) is 3.79. The minimum Gasteiger partial charge on any atom is -0.493 e. The molecule has 2 aromatic rings. The maximum absolute atomic E-state index is 13.9. The number of carbonyl (C=O) groups excluding carboxylic acids is 2. The molecule has 0 atom stereocenters. The van der Waals surface area contributed by atoms with Crippen LogP contribution in [0.4, 0.5) is 10.1 Å². The molecule has 0 aliphatic heterocycles. The highest BCUT2D eigenvalue weighted by molar-refractivity contribution is 5.95. The predicted molar refractivity (Wildman–Crippen MR) is 96.3 cm³/mol. The fraction of sp³-hybridized carbons (Fsp3) is 0.263. The molecule has 0 fully saturated rings. The summed E-state index contributed by atoms with van der Waals surface area (Å²) in [5, 5.41) is 2.71. The highest BCUT2D eigenvalue weighted by atomic mass is 19.1. The van der Waals surface area contributed by atoms with Crippen LogP contribution in [-0.4, -0.2) is 39.1 Å². The summed E-state index contributed by atoms with van der Waals surface area (Å²) in [6.07, 6.45) is 0. The van der Waals surface area contributed by atoms with Crippen LogP contribution in [0, 0.1) is 5.82 Å². The number of nitrogens with zero attached hydrogens (tertiary/aromatic N) is 1. The van der Waals surface area contributed by atoms with Crippen molar-refractivity contribution in [2.45, 2.75) is 6.92 Å². The molecule has 2 aromatic carbocycles. The number of nitrogens with one attached hydrogen (secondary N) is 1. The van der Waals surface area contributed by atoms with Crippen LogP contribution in [0.15, 0.2) is 42.5 Å². The van der Waals surface area contributed by atoms with E-state index in [2.05, 4.69) is 5.32 Å². The van der Waals surface area contributed by atoms with E-state index in [4.69, 9.17) is 9.47 Å². The molecule has 0 saturated heterocycles. The molecule has 0 aliphatic carbocycles. The second kappa shape index (κ2) is 8.84. The molecule has 2 amide bonds. The van der Waals surface area contributed by atoms with Crippen LogP contribution in [0.3, 0.4) is 0 Å². The summed E-state index contributed by atoms with van der Waals surface area (Å²) in [5.74, 6) is -0.171. The fourth-order valence-corrected chi connectivity index (χ4v) is 2.48. The molecule has 6 nitrogen and oxygen atoms in total. The summed E-state index contributed by atoms with van der Waals surface area (Å²) in [5.41, 5.74) is 0.572.